The van der Waals surface area contributed by atoms with Gasteiger partial charge in [0.2, 0.25) is 0 Å². The number of hydrogen-bond acceptors (Lipinski definition) is 2. The van der Waals surface area contributed by atoms with Gasteiger partial charge in [0.15, 0.2) is 0 Å². The van der Waals surface area contributed by atoms with Gasteiger partial charge in [0.05, 0.1) is 14.9 Å². The van der Waals surface area contributed by atoms with Gasteiger partial charge in [0.1, 0.15) is 5.82 Å². The Kier molecular flexibility index (Phi) is 4.04. The molecule has 0 spiro atoms. The Hall–Kier alpha value is -0.520. The maximum atomic E-state index is 13.5. The zero-order valence-corrected chi connectivity index (χ0v) is 13.1. The third-order valence-electron chi connectivity index (χ3n) is 3.79. The summed E-state index contributed by atoms with van der Waals surface area (Å²) in [6.45, 7) is 4.62. The van der Waals surface area contributed by atoms with Crippen molar-refractivity contribution in [2.75, 3.05) is 11.1 Å². The van der Waals surface area contributed by atoms with Crippen molar-refractivity contribution in [3.8, 4) is 0 Å². The van der Waals surface area contributed by atoms with E-state index in [9.17, 15) is 4.39 Å². The Morgan fingerprint density at radius 3 is 2.56 bits per heavy atom. The maximum absolute atomic E-state index is 13.5. The van der Waals surface area contributed by atoms with Crippen LogP contribution in [0.2, 0.25) is 0 Å². The molecule has 0 aromatic heterocycles. The van der Waals surface area contributed by atoms with Gasteiger partial charge in [-0.2, -0.15) is 0 Å². The van der Waals surface area contributed by atoms with E-state index in [-0.39, 0.29) is 5.82 Å². The maximum Gasteiger partial charge on any atom is 0.138 e. The van der Waals surface area contributed by atoms with Gasteiger partial charge in [0, 0.05) is 12.1 Å². The van der Waals surface area contributed by atoms with Crippen LogP contribution >= 0.6 is 22.6 Å². The number of nitrogens with two attached hydrogens (primary N) is 1. The first-order valence-electron chi connectivity index (χ1n) is 6.38. The number of nitrogens with one attached hydrogen (secondary N) is 1. The molecule has 1 aromatic rings. The molecule has 1 saturated carbocycles. The van der Waals surface area contributed by atoms with E-state index in [1.807, 2.05) is 22.6 Å². The van der Waals surface area contributed by atoms with Crippen LogP contribution in [0.3, 0.4) is 0 Å². The van der Waals surface area contributed by atoms with Crippen LogP contribution in [-0.4, -0.2) is 6.04 Å². The fourth-order valence-electron chi connectivity index (χ4n) is 2.45. The first kappa shape index (κ1) is 13.9. The second-order valence-corrected chi connectivity index (χ2v) is 7.10. The summed E-state index contributed by atoms with van der Waals surface area (Å²) in [6, 6.07) is 3.61. The molecule has 0 amide bonds. The molecule has 1 aliphatic rings. The summed E-state index contributed by atoms with van der Waals surface area (Å²) in [6.07, 6.45) is 4.66. The molecule has 0 unspecified atom stereocenters. The smallest absolute Gasteiger partial charge is 0.138 e. The summed E-state index contributed by atoms with van der Waals surface area (Å²) in [4.78, 5) is 0. The molecule has 0 atom stereocenters. The third kappa shape index (κ3) is 3.28. The number of hydrogen-bond donors (Lipinski definition) is 2. The highest BCUT2D eigenvalue weighted by molar-refractivity contribution is 14.1. The van der Waals surface area contributed by atoms with E-state index in [0.29, 0.717) is 20.7 Å². The van der Waals surface area contributed by atoms with Crippen molar-refractivity contribution in [2.45, 2.75) is 45.6 Å². The van der Waals surface area contributed by atoms with Crippen molar-refractivity contribution in [3.63, 3.8) is 0 Å². The first-order valence-corrected chi connectivity index (χ1v) is 7.46. The molecule has 2 rings (SSSR count). The first-order chi connectivity index (χ1) is 8.37. The van der Waals surface area contributed by atoms with Crippen LogP contribution < -0.4 is 11.1 Å². The van der Waals surface area contributed by atoms with Crippen molar-refractivity contribution < 1.29 is 4.39 Å². The van der Waals surface area contributed by atoms with E-state index in [0.717, 1.165) is 18.5 Å². The summed E-state index contributed by atoms with van der Waals surface area (Å²) in [5, 5.41) is 3.39. The van der Waals surface area contributed by atoms with Crippen LogP contribution in [-0.2, 0) is 0 Å². The lowest BCUT2D eigenvalue weighted by Gasteiger charge is -2.35. The van der Waals surface area contributed by atoms with Gasteiger partial charge >= 0.3 is 0 Å². The van der Waals surface area contributed by atoms with Gasteiger partial charge in [-0.05, 0) is 59.8 Å². The topological polar surface area (TPSA) is 38.0 Å². The van der Waals surface area contributed by atoms with Crippen LogP contribution in [0.25, 0.3) is 0 Å². The van der Waals surface area contributed by atoms with Crippen molar-refractivity contribution >= 4 is 34.0 Å². The zero-order chi connectivity index (χ0) is 13.3. The van der Waals surface area contributed by atoms with E-state index < -0.39 is 0 Å². The van der Waals surface area contributed by atoms with Gasteiger partial charge in [0.25, 0.3) is 0 Å². The molecule has 0 radical (unpaired) electrons. The number of rotatable bonds is 2. The molecule has 0 bridgehead atoms. The lowest BCUT2D eigenvalue weighted by Crippen LogP contribution is -2.30. The van der Waals surface area contributed by atoms with E-state index >= 15 is 0 Å². The molecule has 4 heteroatoms. The van der Waals surface area contributed by atoms with Crippen LogP contribution in [0.1, 0.15) is 39.5 Å². The molecule has 1 fully saturated rings. The number of nitrogen functional groups attached to an aromatic ring is 1. The average Bonchev–Trinajstić information content (AvgIpc) is 2.28. The normalized spacial score (nSPS) is 19.8. The molecule has 100 valence electrons. The van der Waals surface area contributed by atoms with Gasteiger partial charge in [-0.1, -0.05) is 13.8 Å². The molecular weight excluding hydrogens is 342 g/mol. The molecule has 0 heterocycles. The summed E-state index contributed by atoms with van der Waals surface area (Å²) >= 11 is 1.96. The Bertz CT molecular complexity index is 436. The highest BCUT2D eigenvalue weighted by atomic mass is 127. The fraction of sp³-hybridized carbons (Fsp3) is 0.571. The molecule has 1 aliphatic carbocycles. The van der Waals surface area contributed by atoms with Gasteiger partial charge < -0.3 is 11.1 Å². The van der Waals surface area contributed by atoms with E-state index in [1.54, 1.807) is 6.07 Å². The average molecular weight is 362 g/mol. The minimum atomic E-state index is -0.205. The van der Waals surface area contributed by atoms with E-state index in [4.69, 9.17) is 5.73 Å². The molecular formula is C14H20FIN2. The van der Waals surface area contributed by atoms with Crippen molar-refractivity contribution in [2.24, 2.45) is 5.41 Å². The molecule has 18 heavy (non-hydrogen) atoms. The van der Waals surface area contributed by atoms with E-state index in [1.165, 1.54) is 18.9 Å². The molecule has 0 aliphatic heterocycles. The van der Waals surface area contributed by atoms with Crippen LogP contribution in [0.15, 0.2) is 12.1 Å². The van der Waals surface area contributed by atoms with Crippen molar-refractivity contribution in [3.05, 3.63) is 21.5 Å². The lowest BCUT2D eigenvalue weighted by atomic mass is 9.75. The van der Waals surface area contributed by atoms with Crippen LogP contribution in [0.4, 0.5) is 15.8 Å². The van der Waals surface area contributed by atoms with Crippen LogP contribution in [0.5, 0.6) is 0 Å². The lowest BCUT2D eigenvalue weighted by molar-refractivity contribution is 0.232. The number of anilines is 2. The quantitative estimate of drug-likeness (QED) is 0.605. The summed E-state index contributed by atoms with van der Waals surface area (Å²) in [5.41, 5.74) is 7.74. The van der Waals surface area contributed by atoms with Crippen molar-refractivity contribution in [1.82, 2.24) is 0 Å². The third-order valence-corrected chi connectivity index (χ3v) is 4.62. The van der Waals surface area contributed by atoms with Gasteiger partial charge in [-0.3, -0.25) is 0 Å². The molecule has 2 nitrogen and oxygen atoms in total. The Morgan fingerprint density at radius 1 is 1.33 bits per heavy atom. The predicted molar refractivity (Wildman–Crippen MR) is 83.2 cm³/mol. The summed E-state index contributed by atoms with van der Waals surface area (Å²) in [5.74, 6) is -0.205. The van der Waals surface area contributed by atoms with Crippen LogP contribution in [0, 0.1) is 14.8 Å². The number of benzene rings is 1. The van der Waals surface area contributed by atoms with Crippen molar-refractivity contribution in [1.29, 1.82) is 0 Å². The standard InChI is InChI=1S/C14H20FIN2/c1-14(2)5-3-9(4-6-14)18-13-7-10(15)11(16)8-12(13)17/h7-9,18H,3-6,17H2,1-2H3. The van der Waals surface area contributed by atoms with Gasteiger partial charge in [-0.25, -0.2) is 4.39 Å². The largest absolute Gasteiger partial charge is 0.397 e. The SMILES string of the molecule is CC1(C)CCC(Nc2cc(F)c(I)cc2N)CC1. The zero-order valence-electron chi connectivity index (χ0n) is 10.9. The second kappa shape index (κ2) is 5.23. The summed E-state index contributed by atoms with van der Waals surface area (Å²) < 4.78 is 14.1. The molecule has 0 saturated heterocycles. The van der Waals surface area contributed by atoms with Gasteiger partial charge in [-0.15, -0.1) is 0 Å². The second-order valence-electron chi connectivity index (χ2n) is 5.94. The number of halogens is 2. The Labute approximate surface area is 122 Å². The monoisotopic (exact) mass is 362 g/mol. The molecule has 1 aromatic carbocycles. The van der Waals surface area contributed by atoms with E-state index in [2.05, 4.69) is 19.2 Å². The highest BCUT2D eigenvalue weighted by Crippen LogP contribution is 2.36. The highest BCUT2D eigenvalue weighted by Gasteiger charge is 2.26. The molecule has 3 N–H and O–H groups in total. The summed E-state index contributed by atoms with van der Waals surface area (Å²) in [7, 11) is 0. The Balaban J connectivity index is 2.04. The minimum absolute atomic E-state index is 0.205. The Morgan fingerprint density at radius 2 is 1.94 bits per heavy atom. The fourth-order valence-corrected chi connectivity index (χ4v) is 2.94. The minimum Gasteiger partial charge on any atom is -0.397 e. The predicted octanol–water partition coefficient (Wildman–Crippen LogP) is 4.39.